The summed E-state index contributed by atoms with van der Waals surface area (Å²) in [5, 5.41) is 10.1. The predicted octanol–water partition coefficient (Wildman–Crippen LogP) is 3.66. The van der Waals surface area contributed by atoms with Crippen LogP contribution in [0.3, 0.4) is 0 Å². The van der Waals surface area contributed by atoms with Gasteiger partial charge in [-0.1, -0.05) is 0 Å². The highest BCUT2D eigenvalue weighted by Gasteiger charge is 2.30. The van der Waals surface area contributed by atoms with Gasteiger partial charge in [0.2, 0.25) is 5.95 Å². The van der Waals surface area contributed by atoms with Crippen molar-refractivity contribution in [2.24, 2.45) is 0 Å². The van der Waals surface area contributed by atoms with Crippen LogP contribution in [-0.2, 0) is 5.92 Å². The van der Waals surface area contributed by atoms with Crippen molar-refractivity contribution in [2.45, 2.75) is 32.2 Å². The molecule has 0 radical (unpaired) electrons. The van der Waals surface area contributed by atoms with E-state index in [1.807, 2.05) is 0 Å². The van der Waals surface area contributed by atoms with Crippen molar-refractivity contribution < 1.29 is 31.1 Å². The molecule has 14 heteroatoms. The number of carbonyl (C=O) groups excluding carboxylic acids is 1. The Labute approximate surface area is 189 Å². The SMILES string of the molecule is C[C@@H](CNc1ncc(C(C)(F)F)cn1)N(CC(F)F)C(=O)c1cc(F)cc(F)c1-n1nccn1. The molecule has 1 amide bonds. The lowest BCUT2D eigenvalue weighted by molar-refractivity contribution is 0.0167. The van der Waals surface area contributed by atoms with Crippen LogP contribution in [0, 0.1) is 11.6 Å². The normalized spacial score (nSPS) is 12.6. The van der Waals surface area contributed by atoms with Gasteiger partial charge in [-0.25, -0.2) is 36.3 Å². The summed E-state index contributed by atoms with van der Waals surface area (Å²) in [6, 6.07) is 0.260. The van der Waals surface area contributed by atoms with E-state index >= 15 is 0 Å². The van der Waals surface area contributed by atoms with Gasteiger partial charge in [-0.15, -0.1) is 4.80 Å². The van der Waals surface area contributed by atoms with Gasteiger partial charge in [0.1, 0.15) is 11.5 Å². The predicted molar refractivity (Wildman–Crippen MR) is 108 cm³/mol. The van der Waals surface area contributed by atoms with Gasteiger partial charge < -0.3 is 10.2 Å². The van der Waals surface area contributed by atoms with Crippen LogP contribution in [0.15, 0.2) is 36.9 Å². The molecule has 3 aromatic rings. The van der Waals surface area contributed by atoms with E-state index in [0.717, 1.165) is 17.2 Å². The van der Waals surface area contributed by atoms with E-state index in [0.29, 0.717) is 24.0 Å². The van der Waals surface area contributed by atoms with E-state index in [4.69, 9.17) is 0 Å². The summed E-state index contributed by atoms with van der Waals surface area (Å²) in [7, 11) is 0. The Hall–Kier alpha value is -3.71. The molecule has 2 aromatic heterocycles. The van der Waals surface area contributed by atoms with Gasteiger partial charge in [0.25, 0.3) is 18.3 Å². The first kappa shape index (κ1) is 24.9. The van der Waals surface area contributed by atoms with Crippen LogP contribution in [0.1, 0.15) is 29.8 Å². The second-order valence-corrected chi connectivity index (χ2v) is 7.36. The third-order valence-electron chi connectivity index (χ3n) is 4.72. The summed E-state index contributed by atoms with van der Waals surface area (Å²) in [4.78, 5) is 22.1. The maximum absolute atomic E-state index is 14.5. The lowest BCUT2D eigenvalue weighted by atomic mass is 10.1. The monoisotopic (exact) mass is 487 g/mol. The Morgan fingerprint density at radius 2 is 1.76 bits per heavy atom. The zero-order valence-electron chi connectivity index (χ0n) is 17.9. The fourth-order valence-corrected chi connectivity index (χ4v) is 3.03. The molecule has 0 aliphatic carbocycles. The molecule has 0 unspecified atom stereocenters. The Kier molecular flexibility index (Phi) is 7.37. The molecule has 1 N–H and O–H groups in total. The molecule has 0 saturated heterocycles. The lowest BCUT2D eigenvalue weighted by Crippen LogP contribution is -2.45. The van der Waals surface area contributed by atoms with Crippen molar-refractivity contribution >= 4 is 11.9 Å². The molecular weight excluding hydrogens is 468 g/mol. The third kappa shape index (κ3) is 5.80. The Morgan fingerprint density at radius 1 is 1.15 bits per heavy atom. The standard InChI is InChI=1S/C20H19F6N7O/c1-11(7-27-19-28-8-12(9-29-19)20(2,25)26)32(10-16(23)24)18(34)14-5-13(21)6-15(22)17(14)33-30-3-4-31-33/h3-6,8-9,11,16H,7,10H2,1-2H3,(H,27,28,29)/t11-/m0/s1. The highest BCUT2D eigenvalue weighted by molar-refractivity contribution is 5.98. The summed E-state index contributed by atoms with van der Waals surface area (Å²) in [6.07, 6.45) is 1.24. The molecule has 0 fully saturated rings. The molecule has 0 aliphatic heterocycles. The van der Waals surface area contributed by atoms with Crippen molar-refractivity contribution in [1.29, 1.82) is 0 Å². The maximum atomic E-state index is 14.5. The van der Waals surface area contributed by atoms with Crippen molar-refractivity contribution in [2.75, 3.05) is 18.4 Å². The van der Waals surface area contributed by atoms with Crippen molar-refractivity contribution in [1.82, 2.24) is 29.9 Å². The number of halogens is 6. The van der Waals surface area contributed by atoms with Crippen LogP contribution in [0.5, 0.6) is 0 Å². The smallest absolute Gasteiger partial charge is 0.273 e. The van der Waals surface area contributed by atoms with E-state index in [1.165, 1.54) is 19.3 Å². The average Bonchev–Trinajstić information content (AvgIpc) is 3.28. The molecule has 2 heterocycles. The first-order valence-electron chi connectivity index (χ1n) is 9.86. The molecule has 8 nitrogen and oxygen atoms in total. The summed E-state index contributed by atoms with van der Waals surface area (Å²) < 4.78 is 81.6. The van der Waals surface area contributed by atoms with E-state index < -0.39 is 59.3 Å². The minimum absolute atomic E-state index is 0.0810. The van der Waals surface area contributed by atoms with Crippen LogP contribution in [0.4, 0.5) is 32.3 Å². The topological polar surface area (TPSA) is 88.8 Å². The van der Waals surface area contributed by atoms with Crippen LogP contribution >= 0.6 is 0 Å². The first-order chi connectivity index (χ1) is 16.0. The molecule has 34 heavy (non-hydrogen) atoms. The van der Waals surface area contributed by atoms with E-state index in [9.17, 15) is 31.1 Å². The first-order valence-corrected chi connectivity index (χ1v) is 9.86. The highest BCUT2D eigenvalue weighted by Crippen LogP contribution is 2.26. The van der Waals surface area contributed by atoms with E-state index in [2.05, 4.69) is 25.5 Å². The summed E-state index contributed by atoms with van der Waals surface area (Å²) in [5.41, 5.74) is -1.49. The zero-order valence-corrected chi connectivity index (χ0v) is 17.9. The number of alkyl halides is 4. The summed E-state index contributed by atoms with van der Waals surface area (Å²) in [5.74, 6) is -6.58. The number of rotatable bonds is 9. The molecule has 0 bridgehead atoms. The van der Waals surface area contributed by atoms with Crippen LogP contribution in [-0.4, -0.2) is 61.3 Å². The molecular formula is C20H19F6N7O. The number of hydrogen-bond acceptors (Lipinski definition) is 6. The summed E-state index contributed by atoms with van der Waals surface area (Å²) in [6.45, 7) is 0.863. The minimum atomic E-state index is -3.15. The number of nitrogens with one attached hydrogen (secondary N) is 1. The van der Waals surface area contributed by atoms with Gasteiger partial charge in [0, 0.05) is 38.0 Å². The quantitative estimate of drug-likeness (QED) is 0.464. The van der Waals surface area contributed by atoms with Crippen molar-refractivity contribution in [3.63, 3.8) is 0 Å². The number of aromatic nitrogens is 5. The number of anilines is 1. The van der Waals surface area contributed by atoms with Gasteiger partial charge in [0.15, 0.2) is 5.82 Å². The second kappa shape index (κ2) is 10.1. The maximum Gasteiger partial charge on any atom is 0.273 e. The van der Waals surface area contributed by atoms with Crippen LogP contribution in [0.2, 0.25) is 0 Å². The number of amides is 1. The Bertz CT molecular complexity index is 1120. The molecule has 1 atom stereocenters. The number of carbonyl (C=O) groups is 1. The second-order valence-electron chi connectivity index (χ2n) is 7.36. The molecule has 0 aliphatic rings. The lowest BCUT2D eigenvalue weighted by Gasteiger charge is -2.30. The van der Waals surface area contributed by atoms with E-state index in [-0.39, 0.29) is 12.5 Å². The molecule has 0 spiro atoms. The van der Waals surface area contributed by atoms with Gasteiger partial charge in [-0.05, 0) is 13.0 Å². The number of benzene rings is 1. The zero-order chi connectivity index (χ0) is 25.0. The van der Waals surface area contributed by atoms with Crippen LogP contribution in [0.25, 0.3) is 5.69 Å². The summed E-state index contributed by atoms with van der Waals surface area (Å²) >= 11 is 0. The van der Waals surface area contributed by atoms with Gasteiger partial charge in [-0.2, -0.15) is 10.2 Å². The fourth-order valence-electron chi connectivity index (χ4n) is 3.03. The molecule has 0 saturated carbocycles. The fraction of sp³-hybridized carbons (Fsp3) is 0.350. The van der Waals surface area contributed by atoms with Gasteiger partial charge in [0.05, 0.1) is 30.1 Å². The third-order valence-corrected chi connectivity index (χ3v) is 4.72. The Morgan fingerprint density at radius 3 is 2.32 bits per heavy atom. The van der Waals surface area contributed by atoms with Crippen LogP contribution < -0.4 is 5.32 Å². The Balaban J connectivity index is 1.85. The van der Waals surface area contributed by atoms with Gasteiger partial charge in [-0.3, -0.25) is 4.79 Å². The minimum Gasteiger partial charge on any atom is -0.352 e. The number of hydrogen-bond donors (Lipinski definition) is 1. The largest absolute Gasteiger partial charge is 0.352 e. The molecule has 3 rings (SSSR count). The number of nitrogens with zero attached hydrogens (tertiary/aromatic N) is 6. The molecule has 1 aromatic carbocycles. The average molecular weight is 487 g/mol. The van der Waals surface area contributed by atoms with Gasteiger partial charge >= 0.3 is 0 Å². The van der Waals surface area contributed by atoms with Crippen molar-refractivity contribution in [3.8, 4) is 5.69 Å². The van der Waals surface area contributed by atoms with Crippen molar-refractivity contribution in [3.05, 3.63) is 59.7 Å². The highest BCUT2D eigenvalue weighted by atomic mass is 19.3. The molecule has 182 valence electrons. The van der Waals surface area contributed by atoms with E-state index in [1.54, 1.807) is 0 Å².